The first kappa shape index (κ1) is 13.6. The predicted molar refractivity (Wildman–Crippen MR) is 74.2 cm³/mol. The molecule has 1 aromatic rings. The molecule has 1 aliphatic rings. The highest BCUT2D eigenvalue weighted by Gasteiger charge is 2.29. The van der Waals surface area contributed by atoms with Crippen LogP contribution >= 0.6 is 0 Å². The van der Waals surface area contributed by atoms with Crippen LogP contribution in [0, 0.1) is 12.8 Å². The third-order valence-electron chi connectivity index (χ3n) is 3.67. The van der Waals surface area contributed by atoms with E-state index in [0.717, 1.165) is 30.0 Å². The Balaban J connectivity index is 1.94. The molecule has 102 valence electrons. The van der Waals surface area contributed by atoms with Crippen LogP contribution < -0.4 is 5.73 Å². The topological polar surface area (TPSA) is 42.4 Å². The largest absolute Gasteiger partial charge is 0.463 e. The van der Waals surface area contributed by atoms with Gasteiger partial charge in [-0.2, -0.15) is 0 Å². The van der Waals surface area contributed by atoms with Crippen molar-refractivity contribution < 1.29 is 4.42 Å². The van der Waals surface area contributed by atoms with Crippen LogP contribution in [0.2, 0.25) is 0 Å². The third kappa shape index (κ3) is 3.59. The zero-order valence-electron chi connectivity index (χ0n) is 11.9. The van der Waals surface area contributed by atoms with Gasteiger partial charge < -0.3 is 10.2 Å². The average Bonchev–Trinajstić information content (AvgIpc) is 3.09. The number of nitrogens with zero attached hydrogens (tertiary/aromatic N) is 1. The van der Waals surface area contributed by atoms with E-state index >= 15 is 0 Å². The van der Waals surface area contributed by atoms with Gasteiger partial charge in [0.15, 0.2) is 0 Å². The van der Waals surface area contributed by atoms with Crippen molar-refractivity contribution in [3.63, 3.8) is 0 Å². The van der Waals surface area contributed by atoms with E-state index in [2.05, 4.69) is 31.7 Å². The molecule has 0 saturated heterocycles. The monoisotopic (exact) mass is 250 g/mol. The Morgan fingerprint density at radius 1 is 1.44 bits per heavy atom. The number of aryl methyl sites for hydroxylation is 1. The molecule has 1 saturated carbocycles. The normalized spacial score (nSPS) is 15.9. The lowest BCUT2D eigenvalue weighted by atomic mass is 10.1. The van der Waals surface area contributed by atoms with E-state index < -0.39 is 0 Å². The van der Waals surface area contributed by atoms with Crippen molar-refractivity contribution in [1.29, 1.82) is 0 Å². The Bertz CT molecular complexity index is 380. The first-order valence-corrected chi connectivity index (χ1v) is 7.12. The molecule has 3 nitrogen and oxygen atoms in total. The Morgan fingerprint density at radius 2 is 2.17 bits per heavy atom. The summed E-state index contributed by atoms with van der Waals surface area (Å²) in [6.07, 6.45) is 3.96. The van der Waals surface area contributed by atoms with E-state index in [4.69, 9.17) is 10.2 Å². The minimum absolute atomic E-state index is 0.501. The highest BCUT2D eigenvalue weighted by molar-refractivity contribution is 5.20. The molecule has 0 aromatic carbocycles. The second-order valence-electron chi connectivity index (χ2n) is 5.91. The maximum absolute atomic E-state index is 5.81. The summed E-state index contributed by atoms with van der Waals surface area (Å²) in [7, 11) is 0. The van der Waals surface area contributed by atoms with Crippen LogP contribution in [0.1, 0.15) is 50.2 Å². The molecular formula is C15H26N2O. The highest BCUT2D eigenvalue weighted by Crippen LogP contribution is 2.29. The summed E-state index contributed by atoms with van der Waals surface area (Å²) >= 11 is 0. The number of hydrogen-bond acceptors (Lipinski definition) is 3. The van der Waals surface area contributed by atoms with Crippen molar-refractivity contribution in [3.05, 3.63) is 23.2 Å². The van der Waals surface area contributed by atoms with Gasteiger partial charge in [0.05, 0.1) is 13.1 Å². The fourth-order valence-electron chi connectivity index (χ4n) is 2.33. The van der Waals surface area contributed by atoms with Gasteiger partial charge in [0.25, 0.3) is 0 Å². The van der Waals surface area contributed by atoms with E-state index in [-0.39, 0.29) is 0 Å². The van der Waals surface area contributed by atoms with Crippen LogP contribution in [0.25, 0.3) is 0 Å². The van der Waals surface area contributed by atoms with Crippen LogP contribution in [-0.2, 0) is 13.1 Å². The molecule has 18 heavy (non-hydrogen) atoms. The number of nitrogens with two attached hydrogens (primary N) is 1. The molecule has 0 unspecified atom stereocenters. The molecule has 1 aromatic heterocycles. The lowest BCUT2D eigenvalue weighted by Crippen LogP contribution is -2.27. The molecule has 0 radical (unpaired) electrons. The molecule has 1 fully saturated rings. The molecule has 1 aliphatic carbocycles. The molecule has 0 amide bonds. The second-order valence-corrected chi connectivity index (χ2v) is 5.91. The average molecular weight is 250 g/mol. The molecular weight excluding hydrogens is 224 g/mol. The zero-order chi connectivity index (χ0) is 13.1. The summed E-state index contributed by atoms with van der Waals surface area (Å²) in [6.45, 7) is 9.27. The minimum atomic E-state index is 0.501. The van der Waals surface area contributed by atoms with Crippen LogP contribution in [0.3, 0.4) is 0 Å². The SMILES string of the molecule is Cc1cc(CN(CCC(C)C)C2CC2)oc1CN. The van der Waals surface area contributed by atoms with Crippen LogP contribution in [0.5, 0.6) is 0 Å². The fourth-order valence-corrected chi connectivity index (χ4v) is 2.33. The van der Waals surface area contributed by atoms with E-state index in [1.165, 1.54) is 31.4 Å². The standard InChI is InChI=1S/C15H26N2O/c1-11(2)6-7-17(13-4-5-13)10-14-8-12(3)15(9-16)18-14/h8,11,13H,4-7,9-10,16H2,1-3H3. The quantitative estimate of drug-likeness (QED) is 0.808. The van der Waals surface area contributed by atoms with Gasteiger partial charge in [0.2, 0.25) is 0 Å². The Morgan fingerprint density at radius 3 is 2.67 bits per heavy atom. The van der Waals surface area contributed by atoms with Gasteiger partial charge in [0, 0.05) is 6.04 Å². The summed E-state index contributed by atoms with van der Waals surface area (Å²) in [6, 6.07) is 2.93. The van der Waals surface area contributed by atoms with Crippen LogP contribution in [0.15, 0.2) is 10.5 Å². The molecule has 0 spiro atoms. The minimum Gasteiger partial charge on any atom is -0.463 e. The first-order valence-electron chi connectivity index (χ1n) is 7.12. The van der Waals surface area contributed by atoms with Gasteiger partial charge >= 0.3 is 0 Å². The van der Waals surface area contributed by atoms with Crippen molar-refractivity contribution in [3.8, 4) is 0 Å². The molecule has 2 N–H and O–H groups in total. The lowest BCUT2D eigenvalue weighted by molar-refractivity contribution is 0.219. The fraction of sp³-hybridized carbons (Fsp3) is 0.733. The lowest BCUT2D eigenvalue weighted by Gasteiger charge is -2.21. The van der Waals surface area contributed by atoms with Crippen molar-refractivity contribution in [2.75, 3.05) is 6.54 Å². The van der Waals surface area contributed by atoms with E-state index in [1.54, 1.807) is 0 Å². The Hall–Kier alpha value is -0.800. The Kier molecular flexibility index (Phi) is 4.46. The summed E-state index contributed by atoms with van der Waals surface area (Å²) in [5, 5.41) is 0. The number of hydrogen-bond donors (Lipinski definition) is 1. The van der Waals surface area contributed by atoms with Gasteiger partial charge in [-0.15, -0.1) is 0 Å². The van der Waals surface area contributed by atoms with Crippen molar-refractivity contribution >= 4 is 0 Å². The van der Waals surface area contributed by atoms with Gasteiger partial charge in [-0.25, -0.2) is 0 Å². The van der Waals surface area contributed by atoms with Gasteiger partial charge in [-0.1, -0.05) is 13.8 Å². The van der Waals surface area contributed by atoms with Crippen LogP contribution in [-0.4, -0.2) is 17.5 Å². The molecule has 3 heteroatoms. The van der Waals surface area contributed by atoms with E-state index in [1.807, 2.05) is 0 Å². The van der Waals surface area contributed by atoms with Gasteiger partial charge in [0.1, 0.15) is 11.5 Å². The zero-order valence-corrected chi connectivity index (χ0v) is 11.9. The second kappa shape index (κ2) is 5.89. The van der Waals surface area contributed by atoms with Crippen LogP contribution in [0.4, 0.5) is 0 Å². The van der Waals surface area contributed by atoms with Crippen molar-refractivity contribution in [2.45, 2.75) is 59.2 Å². The highest BCUT2D eigenvalue weighted by atomic mass is 16.3. The summed E-state index contributed by atoms with van der Waals surface area (Å²) in [5.41, 5.74) is 6.85. The third-order valence-corrected chi connectivity index (χ3v) is 3.67. The predicted octanol–water partition coefficient (Wildman–Crippen LogP) is 3.06. The molecule has 1 heterocycles. The molecule has 2 rings (SSSR count). The summed E-state index contributed by atoms with van der Waals surface area (Å²) < 4.78 is 5.81. The van der Waals surface area contributed by atoms with Crippen molar-refractivity contribution in [1.82, 2.24) is 4.90 Å². The first-order chi connectivity index (χ1) is 8.60. The summed E-state index contributed by atoms with van der Waals surface area (Å²) in [4.78, 5) is 2.57. The summed E-state index contributed by atoms with van der Waals surface area (Å²) in [5.74, 6) is 2.78. The maximum atomic E-state index is 5.81. The Labute approximate surface area is 110 Å². The maximum Gasteiger partial charge on any atom is 0.120 e. The smallest absolute Gasteiger partial charge is 0.120 e. The molecule has 0 aliphatic heterocycles. The van der Waals surface area contributed by atoms with E-state index in [9.17, 15) is 0 Å². The number of rotatable bonds is 7. The van der Waals surface area contributed by atoms with Crippen molar-refractivity contribution in [2.24, 2.45) is 11.7 Å². The van der Waals surface area contributed by atoms with Gasteiger partial charge in [-0.05, 0) is 50.3 Å². The molecule has 0 atom stereocenters. The van der Waals surface area contributed by atoms with Gasteiger partial charge in [-0.3, -0.25) is 4.90 Å². The number of furan rings is 1. The van der Waals surface area contributed by atoms with E-state index in [0.29, 0.717) is 6.54 Å². The molecule has 0 bridgehead atoms.